The zero-order valence-electron chi connectivity index (χ0n) is 14.1. The van der Waals surface area contributed by atoms with Crippen LogP contribution in [0, 0.1) is 23.6 Å². The topological polar surface area (TPSA) is 72.9 Å². The fourth-order valence-corrected chi connectivity index (χ4v) is 4.39. The first-order chi connectivity index (χ1) is 12.1. The zero-order valence-corrected chi connectivity index (χ0v) is 14.1. The molecule has 2 aromatic rings. The van der Waals surface area contributed by atoms with Crippen LogP contribution in [0.25, 0.3) is 5.69 Å². The van der Waals surface area contributed by atoms with Crippen molar-refractivity contribution in [2.75, 3.05) is 6.54 Å². The van der Waals surface area contributed by atoms with E-state index in [9.17, 15) is 9.18 Å². The van der Waals surface area contributed by atoms with Crippen molar-refractivity contribution in [1.82, 2.24) is 15.1 Å². The quantitative estimate of drug-likeness (QED) is 0.873. The summed E-state index contributed by atoms with van der Waals surface area (Å²) in [5.41, 5.74) is 7.92. The van der Waals surface area contributed by atoms with E-state index in [0.29, 0.717) is 24.8 Å². The Morgan fingerprint density at radius 2 is 2.00 bits per heavy atom. The summed E-state index contributed by atoms with van der Waals surface area (Å²) in [5, 5.41) is 7.50. The van der Waals surface area contributed by atoms with Gasteiger partial charge in [-0.25, -0.2) is 9.07 Å². The van der Waals surface area contributed by atoms with Crippen LogP contribution in [-0.4, -0.2) is 28.3 Å². The number of nitrogens with zero attached hydrogens (tertiary/aromatic N) is 2. The van der Waals surface area contributed by atoms with Crippen LogP contribution in [0.1, 0.15) is 25.0 Å². The normalized spacial score (nSPS) is 27.6. The minimum atomic E-state index is -0.266. The van der Waals surface area contributed by atoms with E-state index in [2.05, 4.69) is 10.4 Å². The van der Waals surface area contributed by atoms with E-state index < -0.39 is 0 Å². The van der Waals surface area contributed by atoms with Gasteiger partial charge in [0, 0.05) is 25.2 Å². The lowest BCUT2D eigenvalue weighted by Gasteiger charge is -2.26. The Morgan fingerprint density at radius 3 is 2.72 bits per heavy atom. The molecule has 5 nitrogen and oxygen atoms in total. The second-order valence-electron chi connectivity index (χ2n) is 7.21. The lowest BCUT2D eigenvalue weighted by Crippen LogP contribution is -2.45. The highest BCUT2D eigenvalue weighted by molar-refractivity contribution is 5.80. The van der Waals surface area contributed by atoms with E-state index in [-0.39, 0.29) is 23.7 Å². The maximum absolute atomic E-state index is 13.0. The molecule has 0 radical (unpaired) electrons. The highest BCUT2D eigenvalue weighted by atomic mass is 19.1. The number of amides is 1. The van der Waals surface area contributed by atoms with Crippen molar-refractivity contribution in [2.24, 2.45) is 23.5 Å². The Kier molecular flexibility index (Phi) is 4.29. The van der Waals surface area contributed by atoms with E-state index in [0.717, 1.165) is 24.2 Å². The monoisotopic (exact) mass is 342 g/mol. The van der Waals surface area contributed by atoms with Gasteiger partial charge in [0.2, 0.25) is 5.91 Å². The van der Waals surface area contributed by atoms with Crippen LogP contribution in [-0.2, 0) is 11.2 Å². The standard InChI is InChI=1S/C19H23FN4O/c20-14-3-5-16(6-4-14)24-10-8-15(23-24)7-9-22-19(25)17-12-1-2-13(11-12)18(17)21/h3-6,8,10,12-13,17-18H,1-2,7,9,11,21H2,(H,22,25). The first-order valence-corrected chi connectivity index (χ1v) is 8.95. The molecule has 1 aromatic carbocycles. The van der Waals surface area contributed by atoms with Crippen LogP contribution in [0.2, 0.25) is 0 Å². The first-order valence-electron chi connectivity index (χ1n) is 8.95. The average Bonchev–Trinajstić information content (AvgIpc) is 3.31. The molecule has 25 heavy (non-hydrogen) atoms. The lowest BCUT2D eigenvalue weighted by molar-refractivity contribution is -0.127. The Labute approximate surface area is 146 Å². The minimum Gasteiger partial charge on any atom is -0.355 e. The molecule has 4 unspecified atom stereocenters. The molecule has 2 fully saturated rings. The van der Waals surface area contributed by atoms with Gasteiger partial charge in [-0.2, -0.15) is 5.10 Å². The summed E-state index contributed by atoms with van der Waals surface area (Å²) in [5.74, 6) is 0.815. The van der Waals surface area contributed by atoms with Crippen molar-refractivity contribution >= 4 is 5.91 Å². The van der Waals surface area contributed by atoms with Gasteiger partial charge >= 0.3 is 0 Å². The molecule has 3 N–H and O–H groups in total. The molecule has 1 heterocycles. The Bertz CT molecular complexity index is 755. The van der Waals surface area contributed by atoms with Crippen molar-refractivity contribution in [3.05, 3.63) is 48.0 Å². The minimum absolute atomic E-state index is 0.0180. The van der Waals surface area contributed by atoms with Crippen molar-refractivity contribution in [1.29, 1.82) is 0 Å². The van der Waals surface area contributed by atoms with Crippen LogP contribution < -0.4 is 11.1 Å². The Hall–Kier alpha value is -2.21. The molecule has 2 bridgehead atoms. The summed E-state index contributed by atoms with van der Waals surface area (Å²) in [4.78, 5) is 12.4. The number of carbonyl (C=O) groups is 1. The number of halogens is 1. The fourth-order valence-electron chi connectivity index (χ4n) is 4.39. The molecular weight excluding hydrogens is 319 g/mol. The third-order valence-electron chi connectivity index (χ3n) is 5.70. The molecule has 0 spiro atoms. The van der Waals surface area contributed by atoms with Gasteiger partial charge in [-0.1, -0.05) is 0 Å². The third kappa shape index (κ3) is 3.18. The molecule has 4 rings (SSSR count). The highest BCUT2D eigenvalue weighted by Crippen LogP contribution is 2.47. The van der Waals surface area contributed by atoms with Gasteiger partial charge in [-0.05, 0) is 61.4 Å². The second-order valence-corrected chi connectivity index (χ2v) is 7.21. The molecular formula is C19H23FN4O. The average molecular weight is 342 g/mol. The Morgan fingerprint density at radius 1 is 1.24 bits per heavy atom. The molecule has 2 saturated carbocycles. The summed E-state index contributed by atoms with van der Waals surface area (Å²) >= 11 is 0. The molecule has 1 amide bonds. The molecule has 6 heteroatoms. The van der Waals surface area contributed by atoms with Crippen molar-refractivity contribution in [3.8, 4) is 5.69 Å². The zero-order chi connectivity index (χ0) is 17.4. The third-order valence-corrected chi connectivity index (χ3v) is 5.70. The van der Waals surface area contributed by atoms with Crippen molar-refractivity contribution < 1.29 is 9.18 Å². The number of nitrogens with two attached hydrogens (primary N) is 1. The van der Waals surface area contributed by atoms with Gasteiger partial charge in [-0.15, -0.1) is 0 Å². The van der Waals surface area contributed by atoms with Crippen LogP contribution in [0.4, 0.5) is 4.39 Å². The molecule has 2 aliphatic rings. The highest BCUT2D eigenvalue weighted by Gasteiger charge is 2.48. The summed E-state index contributed by atoms with van der Waals surface area (Å²) in [7, 11) is 0. The van der Waals surface area contributed by atoms with Gasteiger partial charge in [0.1, 0.15) is 5.82 Å². The van der Waals surface area contributed by atoms with Gasteiger partial charge < -0.3 is 11.1 Å². The van der Waals surface area contributed by atoms with Crippen molar-refractivity contribution in [3.63, 3.8) is 0 Å². The summed E-state index contributed by atoms with van der Waals surface area (Å²) in [6.07, 6.45) is 5.93. The predicted molar refractivity (Wildman–Crippen MR) is 92.5 cm³/mol. The van der Waals surface area contributed by atoms with Crippen LogP contribution in [0.15, 0.2) is 36.5 Å². The molecule has 2 aliphatic carbocycles. The van der Waals surface area contributed by atoms with Crippen LogP contribution >= 0.6 is 0 Å². The van der Waals surface area contributed by atoms with E-state index >= 15 is 0 Å². The second kappa shape index (κ2) is 6.59. The van der Waals surface area contributed by atoms with E-state index in [4.69, 9.17) is 5.73 Å². The van der Waals surface area contributed by atoms with Gasteiger partial charge in [-0.3, -0.25) is 4.79 Å². The number of aromatic nitrogens is 2. The fraction of sp³-hybridized carbons (Fsp3) is 0.474. The number of hydrogen-bond acceptors (Lipinski definition) is 3. The number of rotatable bonds is 5. The van der Waals surface area contributed by atoms with E-state index in [1.165, 1.54) is 18.6 Å². The van der Waals surface area contributed by atoms with Gasteiger partial charge in [0.05, 0.1) is 17.3 Å². The van der Waals surface area contributed by atoms with Crippen molar-refractivity contribution in [2.45, 2.75) is 31.7 Å². The summed E-state index contributed by atoms with van der Waals surface area (Å²) in [6.45, 7) is 0.555. The van der Waals surface area contributed by atoms with Gasteiger partial charge in [0.15, 0.2) is 0 Å². The maximum atomic E-state index is 13.0. The van der Waals surface area contributed by atoms with Crippen LogP contribution in [0.3, 0.4) is 0 Å². The summed E-state index contributed by atoms with van der Waals surface area (Å²) < 4.78 is 14.7. The van der Waals surface area contributed by atoms with E-state index in [1.54, 1.807) is 16.8 Å². The molecule has 4 atom stereocenters. The maximum Gasteiger partial charge on any atom is 0.224 e. The predicted octanol–water partition coefficient (Wildman–Crippen LogP) is 2.04. The SMILES string of the molecule is NC1C2CCC(C2)C1C(=O)NCCc1ccn(-c2ccc(F)cc2)n1. The number of nitrogens with one attached hydrogen (secondary N) is 1. The number of hydrogen-bond donors (Lipinski definition) is 2. The summed E-state index contributed by atoms with van der Waals surface area (Å²) in [6, 6.07) is 8.13. The largest absolute Gasteiger partial charge is 0.355 e. The number of benzene rings is 1. The number of fused-ring (bicyclic) bond motifs is 2. The van der Waals surface area contributed by atoms with Crippen LogP contribution in [0.5, 0.6) is 0 Å². The smallest absolute Gasteiger partial charge is 0.224 e. The lowest BCUT2D eigenvalue weighted by atomic mass is 9.84. The van der Waals surface area contributed by atoms with E-state index in [1.807, 2.05) is 12.3 Å². The molecule has 0 saturated heterocycles. The molecule has 132 valence electrons. The van der Waals surface area contributed by atoms with Gasteiger partial charge in [0.25, 0.3) is 0 Å². The number of carbonyl (C=O) groups excluding carboxylic acids is 1. The molecule has 0 aliphatic heterocycles. The Balaban J connectivity index is 1.30. The first kappa shape index (κ1) is 16.3. The molecule has 1 aromatic heterocycles.